The first-order valence-electron chi connectivity index (χ1n) is 7.50. The SMILES string of the molecule is O=C(COc1ccc(F)cc1CO)NC1CCCCCC1. The minimum atomic E-state index is -0.436. The van der Waals surface area contributed by atoms with E-state index >= 15 is 0 Å². The Labute approximate surface area is 124 Å². The highest BCUT2D eigenvalue weighted by Crippen LogP contribution is 2.20. The largest absolute Gasteiger partial charge is 0.483 e. The number of carbonyl (C=O) groups excluding carboxylic acids is 1. The lowest BCUT2D eigenvalue weighted by Crippen LogP contribution is -2.37. The minimum Gasteiger partial charge on any atom is -0.483 e. The van der Waals surface area contributed by atoms with Gasteiger partial charge in [-0.25, -0.2) is 4.39 Å². The Hall–Kier alpha value is -1.62. The first-order chi connectivity index (χ1) is 10.2. The molecule has 2 N–H and O–H groups in total. The molecule has 1 fully saturated rings. The molecule has 4 nitrogen and oxygen atoms in total. The number of benzene rings is 1. The Bertz CT molecular complexity index is 471. The molecule has 0 radical (unpaired) electrons. The number of carbonyl (C=O) groups is 1. The van der Waals surface area contributed by atoms with Gasteiger partial charge in [-0.2, -0.15) is 0 Å². The van der Waals surface area contributed by atoms with Crippen LogP contribution >= 0.6 is 0 Å². The van der Waals surface area contributed by atoms with Crippen LogP contribution in [0.5, 0.6) is 5.75 Å². The molecule has 0 bridgehead atoms. The summed E-state index contributed by atoms with van der Waals surface area (Å²) in [5, 5.41) is 12.1. The quantitative estimate of drug-likeness (QED) is 0.821. The maximum absolute atomic E-state index is 13.0. The van der Waals surface area contributed by atoms with Gasteiger partial charge in [0.2, 0.25) is 0 Å². The van der Waals surface area contributed by atoms with Crippen LogP contribution in [0.1, 0.15) is 44.1 Å². The number of hydrogen-bond acceptors (Lipinski definition) is 3. The van der Waals surface area contributed by atoms with Crippen molar-refractivity contribution in [1.29, 1.82) is 0 Å². The van der Waals surface area contributed by atoms with E-state index in [1.165, 1.54) is 31.0 Å². The van der Waals surface area contributed by atoms with Gasteiger partial charge in [0.05, 0.1) is 6.61 Å². The van der Waals surface area contributed by atoms with Gasteiger partial charge in [-0.1, -0.05) is 25.7 Å². The van der Waals surface area contributed by atoms with Gasteiger partial charge in [-0.15, -0.1) is 0 Å². The lowest BCUT2D eigenvalue weighted by molar-refractivity contribution is -0.123. The normalized spacial score (nSPS) is 16.3. The van der Waals surface area contributed by atoms with Gasteiger partial charge in [0.15, 0.2) is 6.61 Å². The van der Waals surface area contributed by atoms with Crippen LogP contribution in [0.4, 0.5) is 4.39 Å². The van der Waals surface area contributed by atoms with E-state index in [1.807, 2.05) is 0 Å². The van der Waals surface area contributed by atoms with Crippen LogP contribution in [0.3, 0.4) is 0 Å². The van der Waals surface area contributed by atoms with E-state index in [4.69, 9.17) is 9.84 Å². The number of ether oxygens (including phenoxy) is 1. The van der Waals surface area contributed by atoms with Crippen molar-refractivity contribution in [2.45, 2.75) is 51.2 Å². The van der Waals surface area contributed by atoms with Crippen molar-refractivity contribution >= 4 is 5.91 Å². The summed E-state index contributed by atoms with van der Waals surface area (Å²) in [6.45, 7) is -0.438. The van der Waals surface area contributed by atoms with E-state index in [9.17, 15) is 9.18 Å². The summed E-state index contributed by atoms with van der Waals surface area (Å²) in [4.78, 5) is 11.9. The average molecular weight is 295 g/mol. The molecule has 0 saturated heterocycles. The van der Waals surface area contributed by atoms with Crippen LogP contribution in [0.2, 0.25) is 0 Å². The maximum Gasteiger partial charge on any atom is 0.258 e. The molecule has 5 heteroatoms. The van der Waals surface area contributed by atoms with Gasteiger partial charge < -0.3 is 15.2 Å². The summed E-state index contributed by atoms with van der Waals surface area (Å²) >= 11 is 0. The van der Waals surface area contributed by atoms with Crippen molar-refractivity contribution in [2.24, 2.45) is 0 Å². The zero-order chi connectivity index (χ0) is 15.1. The first kappa shape index (κ1) is 15.8. The molecule has 1 aliphatic rings. The van der Waals surface area contributed by atoms with Crippen LogP contribution < -0.4 is 10.1 Å². The maximum atomic E-state index is 13.0. The number of amides is 1. The Kier molecular flexibility index (Phi) is 5.99. The monoisotopic (exact) mass is 295 g/mol. The highest BCUT2D eigenvalue weighted by atomic mass is 19.1. The molecule has 1 amide bonds. The van der Waals surface area contributed by atoms with Gasteiger partial charge in [0.1, 0.15) is 11.6 Å². The third kappa shape index (κ3) is 5.01. The Morgan fingerprint density at radius 2 is 2.00 bits per heavy atom. The predicted octanol–water partition coefficient (Wildman–Crippen LogP) is 2.54. The molecule has 0 heterocycles. The Morgan fingerprint density at radius 1 is 1.29 bits per heavy atom. The molecule has 2 rings (SSSR count). The van der Waals surface area contributed by atoms with Gasteiger partial charge in [0, 0.05) is 11.6 Å². The molecular weight excluding hydrogens is 273 g/mol. The Balaban J connectivity index is 1.83. The molecule has 1 aromatic rings. The smallest absolute Gasteiger partial charge is 0.258 e. The minimum absolute atomic E-state index is 0.116. The zero-order valence-corrected chi connectivity index (χ0v) is 12.1. The van der Waals surface area contributed by atoms with E-state index < -0.39 is 5.82 Å². The summed E-state index contributed by atoms with van der Waals surface area (Å²) in [7, 11) is 0. The molecule has 0 atom stereocenters. The summed E-state index contributed by atoms with van der Waals surface area (Å²) in [6.07, 6.45) is 6.81. The Morgan fingerprint density at radius 3 is 2.67 bits per heavy atom. The number of nitrogens with one attached hydrogen (secondary N) is 1. The third-order valence-electron chi connectivity index (χ3n) is 3.77. The number of halogens is 1. The van der Waals surface area contributed by atoms with E-state index in [2.05, 4.69) is 5.32 Å². The second kappa shape index (κ2) is 7.98. The van der Waals surface area contributed by atoms with E-state index in [-0.39, 0.29) is 25.2 Å². The molecule has 0 aliphatic heterocycles. The molecule has 21 heavy (non-hydrogen) atoms. The topological polar surface area (TPSA) is 58.6 Å². The van der Waals surface area contributed by atoms with Crippen molar-refractivity contribution in [3.63, 3.8) is 0 Å². The summed E-state index contributed by atoms with van der Waals surface area (Å²) in [6, 6.07) is 4.12. The number of hydrogen-bond donors (Lipinski definition) is 2. The summed E-state index contributed by atoms with van der Waals surface area (Å²) in [5.74, 6) is -0.265. The predicted molar refractivity (Wildman–Crippen MR) is 77.5 cm³/mol. The van der Waals surface area contributed by atoms with Crippen molar-refractivity contribution in [3.05, 3.63) is 29.6 Å². The number of aliphatic hydroxyl groups excluding tert-OH is 1. The first-order valence-corrected chi connectivity index (χ1v) is 7.50. The van der Waals surface area contributed by atoms with Crippen LogP contribution in [0, 0.1) is 5.82 Å². The highest BCUT2D eigenvalue weighted by Gasteiger charge is 2.15. The van der Waals surface area contributed by atoms with E-state index in [0.717, 1.165) is 25.7 Å². The average Bonchev–Trinajstić information content (AvgIpc) is 2.74. The molecule has 116 valence electrons. The van der Waals surface area contributed by atoms with E-state index in [0.29, 0.717) is 11.3 Å². The van der Waals surface area contributed by atoms with Crippen molar-refractivity contribution < 1.29 is 19.0 Å². The van der Waals surface area contributed by atoms with Gasteiger partial charge in [0.25, 0.3) is 5.91 Å². The molecule has 0 spiro atoms. The van der Waals surface area contributed by atoms with Crippen LogP contribution in [0.15, 0.2) is 18.2 Å². The summed E-state index contributed by atoms with van der Waals surface area (Å²) in [5.41, 5.74) is 0.345. The zero-order valence-electron chi connectivity index (χ0n) is 12.1. The highest BCUT2D eigenvalue weighted by molar-refractivity contribution is 5.77. The fourth-order valence-electron chi connectivity index (χ4n) is 2.65. The molecule has 0 unspecified atom stereocenters. The second-order valence-electron chi connectivity index (χ2n) is 5.45. The lowest BCUT2D eigenvalue weighted by atomic mass is 10.1. The van der Waals surface area contributed by atoms with Crippen molar-refractivity contribution in [1.82, 2.24) is 5.32 Å². The fourth-order valence-corrected chi connectivity index (χ4v) is 2.65. The van der Waals surface area contributed by atoms with Crippen molar-refractivity contribution in [2.75, 3.05) is 6.61 Å². The number of rotatable bonds is 5. The molecule has 1 aliphatic carbocycles. The molecular formula is C16H22FNO3. The fraction of sp³-hybridized carbons (Fsp3) is 0.562. The summed E-state index contributed by atoms with van der Waals surface area (Å²) < 4.78 is 18.4. The number of aliphatic hydroxyl groups is 1. The van der Waals surface area contributed by atoms with Gasteiger partial charge in [-0.05, 0) is 31.0 Å². The van der Waals surface area contributed by atoms with Gasteiger partial charge >= 0.3 is 0 Å². The van der Waals surface area contributed by atoms with Gasteiger partial charge in [-0.3, -0.25) is 4.79 Å². The second-order valence-corrected chi connectivity index (χ2v) is 5.45. The third-order valence-corrected chi connectivity index (χ3v) is 3.77. The standard InChI is InChI=1S/C16H22FNO3/c17-13-7-8-15(12(9-13)10-19)21-11-16(20)18-14-5-3-1-2-4-6-14/h7-9,14,19H,1-6,10-11H2,(H,18,20). The van der Waals surface area contributed by atoms with Crippen LogP contribution in [-0.4, -0.2) is 23.7 Å². The van der Waals surface area contributed by atoms with E-state index in [1.54, 1.807) is 0 Å². The molecule has 1 aromatic carbocycles. The van der Waals surface area contributed by atoms with Crippen LogP contribution in [-0.2, 0) is 11.4 Å². The molecule has 1 saturated carbocycles. The van der Waals surface area contributed by atoms with Crippen LogP contribution in [0.25, 0.3) is 0 Å². The lowest BCUT2D eigenvalue weighted by Gasteiger charge is -2.17. The molecule has 0 aromatic heterocycles. The van der Waals surface area contributed by atoms with Crippen molar-refractivity contribution in [3.8, 4) is 5.75 Å².